The molecule has 0 bridgehead atoms. The fourth-order valence-electron chi connectivity index (χ4n) is 3.45. The van der Waals surface area contributed by atoms with Crippen LogP contribution >= 0.6 is 0 Å². The van der Waals surface area contributed by atoms with Crippen LogP contribution in [0.25, 0.3) is 0 Å². The number of piperazine rings is 1. The van der Waals surface area contributed by atoms with Crippen LogP contribution in [0, 0.1) is 13.8 Å². The van der Waals surface area contributed by atoms with Crippen molar-refractivity contribution in [3.8, 4) is 0 Å². The fourth-order valence-corrected chi connectivity index (χ4v) is 3.45. The molecule has 1 fully saturated rings. The Morgan fingerprint density at radius 2 is 1.62 bits per heavy atom. The zero-order valence-corrected chi connectivity index (χ0v) is 17.3. The lowest BCUT2D eigenvalue weighted by molar-refractivity contribution is 0.313. The number of aryl methyl sites for hydroxylation is 2. The van der Waals surface area contributed by atoms with Gasteiger partial charge in [0.05, 0.1) is 0 Å². The monoisotopic (exact) mass is 388 g/mol. The van der Waals surface area contributed by atoms with Crippen molar-refractivity contribution in [2.75, 3.05) is 48.8 Å². The zero-order valence-electron chi connectivity index (χ0n) is 17.3. The number of hydrogen-bond acceptors (Lipinski definition) is 6. The van der Waals surface area contributed by atoms with Crippen LogP contribution in [0.1, 0.15) is 11.1 Å². The van der Waals surface area contributed by atoms with Crippen LogP contribution in [0.3, 0.4) is 0 Å². The predicted molar refractivity (Wildman–Crippen MR) is 121 cm³/mol. The quantitative estimate of drug-likeness (QED) is 0.678. The van der Waals surface area contributed by atoms with Crippen LogP contribution in [0.4, 0.5) is 28.8 Å². The highest BCUT2D eigenvalue weighted by molar-refractivity contribution is 5.63. The van der Waals surface area contributed by atoms with Gasteiger partial charge in [-0.15, -0.1) is 0 Å². The van der Waals surface area contributed by atoms with Gasteiger partial charge in [0.25, 0.3) is 0 Å². The second kappa shape index (κ2) is 8.49. The minimum atomic E-state index is 0.581. The van der Waals surface area contributed by atoms with Crippen molar-refractivity contribution in [2.24, 2.45) is 0 Å². The molecule has 29 heavy (non-hydrogen) atoms. The third-order valence-corrected chi connectivity index (χ3v) is 5.30. The molecular weight excluding hydrogens is 360 g/mol. The summed E-state index contributed by atoms with van der Waals surface area (Å²) in [5.41, 5.74) is 5.67. The topological polar surface area (TPSA) is 56.3 Å². The number of benzene rings is 2. The van der Waals surface area contributed by atoms with Crippen LogP contribution in [-0.4, -0.2) is 48.1 Å². The number of anilines is 5. The first-order valence-corrected chi connectivity index (χ1v) is 10.0. The van der Waals surface area contributed by atoms with Gasteiger partial charge in [-0.25, -0.2) is 4.98 Å². The number of aromatic nitrogens is 2. The molecule has 1 aliphatic rings. The fraction of sp³-hybridized carbons (Fsp3) is 0.304. The number of rotatable bonds is 5. The van der Waals surface area contributed by atoms with Crippen molar-refractivity contribution < 1.29 is 0 Å². The van der Waals surface area contributed by atoms with Gasteiger partial charge >= 0.3 is 0 Å². The molecule has 150 valence electrons. The van der Waals surface area contributed by atoms with E-state index in [1.165, 1.54) is 11.3 Å². The van der Waals surface area contributed by atoms with E-state index in [-0.39, 0.29) is 0 Å². The van der Waals surface area contributed by atoms with Crippen molar-refractivity contribution >= 4 is 28.8 Å². The Morgan fingerprint density at radius 1 is 0.862 bits per heavy atom. The maximum Gasteiger partial charge on any atom is 0.229 e. The first-order chi connectivity index (χ1) is 14.1. The molecule has 6 heteroatoms. The SMILES string of the molecule is Cc1ccc(C)c(Nc2nccc(Nc3ccc(N4CCN(C)CC4)cc3)n2)c1. The maximum absolute atomic E-state index is 4.61. The molecule has 0 spiro atoms. The third-order valence-electron chi connectivity index (χ3n) is 5.30. The molecule has 1 aromatic heterocycles. The molecule has 2 N–H and O–H groups in total. The van der Waals surface area contributed by atoms with Crippen molar-refractivity contribution in [1.82, 2.24) is 14.9 Å². The maximum atomic E-state index is 4.61. The Hall–Kier alpha value is -3.12. The molecule has 0 aliphatic carbocycles. The minimum Gasteiger partial charge on any atom is -0.369 e. The normalized spacial score (nSPS) is 14.7. The summed E-state index contributed by atoms with van der Waals surface area (Å²) in [5.74, 6) is 1.35. The van der Waals surface area contributed by atoms with Gasteiger partial charge in [-0.1, -0.05) is 12.1 Å². The Morgan fingerprint density at radius 3 is 2.38 bits per heavy atom. The first kappa shape index (κ1) is 19.2. The van der Waals surface area contributed by atoms with E-state index in [0.29, 0.717) is 5.95 Å². The van der Waals surface area contributed by atoms with Gasteiger partial charge < -0.3 is 20.4 Å². The molecule has 0 atom stereocenters. The summed E-state index contributed by atoms with van der Waals surface area (Å²) in [6.45, 7) is 8.51. The molecule has 1 aliphatic heterocycles. The van der Waals surface area contributed by atoms with Gasteiger partial charge in [0, 0.05) is 49.4 Å². The largest absolute Gasteiger partial charge is 0.369 e. The Balaban J connectivity index is 1.43. The summed E-state index contributed by atoms with van der Waals surface area (Å²) < 4.78 is 0. The first-order valence-electron chi connectivity index (χ1n) is 10.0. The lowest BCUT2D eigenvalue weighted by atomic mass is 10.1. The molecule has 0 unspecified atom stereocenters. The zero-order chi connectivity index (χ0) is 20.2. The standard InChI is InChI=1S/C23H28N6/c1-17-4-5-18(2)21(16-17)26-23-24-11-10-22(27-23)25-19-6-8-20(9-7-19)29-14-12-28(3)13-15-29/h4-11,16H,12-15H2,1-3H3,(H2,24,25,26,27). The molecule has 3 aromatic rings. The van der Waals surface area contributed by atoms with Crippen LogP contribution < -0.4 is 15.5 Å². The molecule has 2 heterocycles. The van der Waals surface area contributed by atoms with Gasteiger partial charge in [-0.2, -0.15) is 4.98 Å². The molecule has 0 saturated carbocycles. The Kier molecular flexibility index (Phi) is 5.62. The Labute approximate surface area is 172 Å². The lowest BCUT2D eigenvalue weighted by Crippen LogP contribution is -2.44. The van der Waals surface area contributed by atoms with Crippen molar-refractivity contribution in [1.29, 1.82) is 0 Å². The summed E-state index contributed by atoms with van der Waals surface area (Å²) >= 11 is 0. The minimum absolute atomic E-state index is 0.581. The van der Waals surface area contributed by atoms with E-state index < -0.39 is 0 Å². The van der Waals surface area contributed by atoms with E-state index in [9.17, 15) is 0 Å². The van der Waals surface area contributed by atoms with Crippen LogP contribution in [-0.2, 0) is 0 Å². The highest BCUT2D eigenvalue weighted by Gasteiger charge is 2.14. The molecule has 1 saturated heterocycles. The summed E-state index contributed by atoms with van der Waals surface area (Å²) in [4.78, 5) is 13.8. The van der Waals surface area contributed by atoms with Gasteiger partial charge in [-0.05, 0) is 68.4 Å². The van der Waals surface area contributed by atoms with Gasteiger partial charge in [0.1, 0.15) is 5.82 Å². The summed E-state index contributed by atoms with van der Waals surface area (Å²) in [6.07, 6.45) is 1.77. The molecule has 2 aromatic carbocycles. The summed E-state index contributed by atoms with van der Waals surface area (Å²) in [5, 5.41) is 6.70. The predicted octanol–water partition coefficient (Wildman–Crippen LogP) is 4.33. The second-order valence-electron chi connectivity index (χ2n) is 7.67. The van der Waals surface area contributed by atoms with Crippen molar-refractivity contribution in [2.45, 2.75) is 13.8 Å². The molecular formula is C23H28N6. The number of nitrogens with one attached hydrogen (secondary N) is 2. The van der Waals surface area contributed by atoms with Crippen molar-refractivity contribution in [3.63, 3.8) is 0 Å². The van der Waals surface area contributed by atoms with E-state index in [1.807, 2.05) is 6.07 Å². The smallest absolute Gasteiger partial charge is 0.229 e. The lowest BCUT2D eigenvalue weighted by Gasteiger charge is -2.34. The van der Waals surface area contributed by atoms with E-state index >= 15 is 0 Å². The van der Waals surface area contributed by atoms with Crippen LogP contribution in [0.5, 0.6) is 0 Å². The van der Waals surface area contributed by atoms with Crippen LogP contribution in [0.15, 0.2) is 54.7 Å². The molecule has 0 amide bonds. The number of likely N-dealkylation sites (N-methyl/N-ethyl adjacent to an activating group) is 1. The average Bonchev–Trinajstić information content (AvgIpc) is 2.72. The van der Waals surface area contributed by atoms with Gasteiger partial charge in [-0.3, -0.25) is 0 Å². The van der Waals surface area contributed by atoms with Crippen LogP contribution in [0.2, 0.25) is 0 Å². The Bertz CT molecular complexity index is 961. The molecule has 0 radical (unpaired) electrons. The van der Waals surface area contributed by atoms with Gasteiger partial charge in [0.15, 0.2) is 0 Å². The van der Waals surface area contributed by atoms with E-state index in [4.69, 9.17) is 0 Å². The molecule has 6 nitrogen and oxygen atoms in total. The summed E-state index contributed by atoms with van der Waals surface area (Å²) in [7, 11) is 2.18. The highest BCUT2D eigenvalue weighted by Crippen LogP contribution is 2.23. The average molecular weight is 389 g/mol. The summed E-state index contributed by atoms with van der Waals surface area (Å²) in [6, 6.07) is 16.7. The number of nitrogens with zero attached hydrogens (tertiary/aromatic N) is 4. The third kappa shape index (κ3) is 4.84. The number of hydrogen-bond donors (Lipinski definition) is 2. The van der Waals surface area contributed by atoms with E-state index in [2.05, 4.69) is 93.8 Å². The van der Waals surface area contributed by atoms with E-state index in [0.717, 1.165) is 48.9 Å². The second-order valence-corrected chi connectivity index (χ2v) is 7.67. The van der Waals surface area contributed by atoms with Gasteiger partial charge in [0.2, 0.25) is 5.95 Å². The van der Waals surface area contributed by atoms with E-state index in [1.54, 1.807) is 6.20 Å². The molecule has 4 rings (SSSR count). The van der Waals surface area contributed by atoms with Crippen molar-refractivity contribution in [3.05, 3.63) is 65.9 Å². The highest BCUT2D eigenvalue weighted by atomic mass is 15.2.